The van der Waals surface area contributed by atoms with Crippen LogP contribution in [0.4, 0.5) is 4.39 Å². The first-order valence-corrected chi connectivity index (χ1v) is 8.13. The molecule has 0 radical (unpaired) electrons. The Morgan fingerprint density at radius 2 is 2.04 bits per heavy atom. The average Bonchev–Trinajstić information content (AvgIpc) is 2.50. The van der Waals surface area contributed by atoms with Crippen molar-refractivity contribution in [2.45, 2.75) is 38.5 Å². The minimum atomic E-state index is -0.543. The zero-order chi connectivity index (χ0) is 17.0. The van der Waals surface area contributed by atoms with Gasteiger partial charge in [0.05, 0.1) is 6.10 Å². The Kier molecular flexibility index (Phi) is 6.10. The van der Waals surface area contributed by atoms with Gasteiger partial charge < -0.3 is 10.8 Å². The summed E-state index contributed by atoms with van der Waals surface area (Å²) in [6.45, 7) is 6.67. The van der Waals surface area contributed by atoms with Gasteiger partial charge in [-0.2, -0.15) is 0 Å². The molecule has 5 nitrogen and oxygen atoms in total. The molecule has 1 amide bonds. The van der Waals surface area contributed by atoms with Crippen LogP contribution >= 0.6 is 0 Å². The Hall–Kier alpha value is -1.50. The lowest BCUT2D eigenvalue weighted by Crippen LogP contribution is -2.56. The number of benzene rings is 1. The quantitative estimate of drug-likeness (QED) is 0.823. The van der Waals surface area contributed by atoms with Crippen molar-refractivity contribution in [2.75, 3.05) is 26.2 Å². The minimum Gasteiger partial charge on any atom is -0.392 e. The van der Waals surface area contributed by atoms with Gasteiger partial charge in [0.2, 0.25) is 5.91 Å². The molecule has 128 valence electrons. The molecule has 1 aromatic rings. The molecule has 1 aliphatic rings. The van der Waals surface area contributed by atoms with E-state index in [9.17, 15) is 14.3 Å². The SMILES string of the molecule is CC[C@@H]1CN([C@@H](C(N)=O)c2ccc(F)cc2)CCN1C[C@H](C)O. The second-order valence-electron chi connectivity index (χ2n) is 6.26. The molecule has 23 heavy (non-hydrogen) atoms. The van der Waals surface area contributed by atoms with Gasteiger partial charge in [-0.1, -0.05) is 19.1 Å². The van der Waals surface area contributed by atoms with Crippen LogP contribution in [-0.2, 0) is 4.79 Å². The van der Waals surface area contributed by atoms with Gasteiger partial charge >= 0.3 is 0 Å². The molecule has 0 spiro atoms. The van der Waals surface area contributed by atoms with Crippen molar-refractivity contribution in [1.29, 1.82) is 0 Å². The zero-order valence-corrected chi connectivity index (χ0v) is 13.8. The fourth-order valence-electron chi connectivity index (χ4n) is 3.32. The predicted octanol–water partition coefficient (Wildman–Crippen LogP) is 1.13. The third-order valence-electron chi connectivity index (χ3n) is 4.43. The van der Waals surface area contributed by atoms with Crippen molar-refractivity contribution in [3.63, 3.8) is 0 Å². The second kappa shape index (κ2) is 7.86. The Morgan fingerprint density at radius 1 is 1.39 bits per heavy atom. The molecule has 1 saturated heterocycles. The second-order valence-corrected chi connectivity index (χ2v) is 6.26. The van der Waals surface area contributed by atoms with Crippen LogP contribution in [0.2, 0.25) is 0 Å². The third kappa shape index (κ3) is 4.50. The van der Waals surface area contributed by atoms with E-state index in [0.29, 0.717) is 19.6 Å². The molecule has 2 rings (SSSR count). The fraction of sp³-hybridized carbons (Fsp3) is 0.588. The zero-order valence-electron chi connectivity index (χ0n) is 13.8. The monoisotopic (exact) mass is 323 g/mol. The Bertz CT molecular complexity index is 521. The van der Waals surface area contributed by atoms with Gasteiger partial charge in [-0.25, -0.2) is 4.39 Å². The van der Waals surface area contributed by atoms with Gasteiger partial charge in [-0.05, 0) is 31.0 Å². The van der Waals surface area contributed by atoms with Crippen molar-refractivity contribution in [3.8, 4) is 0 Å². The van der Waals surface area contributed by atoms with Crippen LogP contribution in [0.15, 0.2) is 24.3 Å². The van der Waals surface area contributed by atoms with E-state index in [-0.39, 0.29) is 18.0 Å². The lowest BCUT2D eigenvalue weighted by molar-refractivity contribution is -0.125. The molecule has 1 aromatic carbocycles. The molecule has 3 atom stereocenters. The summed E-state index contributed by atoms with van der Waals surface area (Å²) in [5.41, 5.74) is 6.33. The number of primary amides is 1. The number of halogens is 1. The summed E-state index contributed by atoms with van der Waals surface area (Å²) < 4.78 is 13.1. The first-order chi connectivity index (χ1) is 10.9. The van der Waals surface area contributed by atoms with Crippen LogP contribution in [0.1, 0.15) is 31.9 Å². The van der Waals surface area contributed by atoms with E-state index in [4.69, 9.17) is 5.73 Å². The van der Waals surface area contributed by atoms with E-state index in [0.717, 1.165) is 18.5 Å². The summed E-state index contributed by atoms with van der Waals surface area (Å²) in [4.78, 5) is 16.3. The number of hydrogen-bond acceptors (Lipinski definition) is 4. The molecule has 1 aliphatic heterocycles. The number of amides is 1. The topological polar surface area (TPSA) is 69.8 Å². The fourth-order valence-corrected chi connectivity index (χ4v) is 3.32. The molecule has 6 heteroatoms. The molecular weight excluding hydrogens is 297 g/mol. The first kappa shape index (κ1) is 17.8. The third-order valence-corrected chi connectivity index (χ3v) is 4.43. The van der Waals surface area contributed by atoms with E-state index in [1.165, 1.54) is 12.1 Å². The number of aliphatic hydroxyl groups excluding tert-OH is 1. The number of nitrogens with zero attached hydrogens (tertiary/aromatic N) is 2. The largest absolute Gasteiger partial charge is 0.392 e. The molecular formula is C17H26FN3O2. The maximum absolute atomic E-state index is 13.1. The minimum absolute atomic E-state index is 0.264. The van der Waals surface area contributed by atoms with Crippen molar-refractivity contribution >= 4 is 5.91 Å². The number of carbonyl (C=O) groups excluding carboxylic acids is 1. The van der Waals surface area contributed by atoms with Crippen LogP contribution in [0, 0.1) is 5.82 Å². The summed E-state index contributed by atoms with van der Waals surface area (Å²) in [7, 11) is 0. The average molecular weight is 323 g/mol. The van der Waals surface area contributed by atoms with Gasteiger partial charge in [0.15, 0.2) is 0 Å². The summed E-state index contributed by atoms with van der Waals surface area (Å²) in [5, 5.41) is 9.62. The van der Waals surface area contributed by atoms with E-state index in [1.54, 1.807) is 19.1 Å². The van der Waals surface area contributed by atoms with E-state index in [2.05, 4.69) is 16.7 Å². The lowest BCUT2D eigenvalue weighted by Gasteiger charge is -2.44. The number of β-amino-alcohol motifs (C(OH)–C–C–N with tert-alkyl or cyclic N) is 1. The number of piperazine rings is 1. The van der Waals surface area contributed by atoms with Gasteiger partial charge in [0.1, 0.15) is 11.9 Å². The highest BCUT2D eigenvalue weighted by molar-refractivity contribution is 5.81. The number of hydrogen-bond donors (Lipinski definition) is 2. The summed E-state index contributed by atoms with van der Waals surface area (Å²) >= 11 is 0. The van der Waals surface area contributed by atoms with Gasteiger partial charge in [0, 0.05) is 32.2 Å². The number of carbonyl (C=O) groups is 1. The maximum Gasteiger partial charge on any atom is 0.239 e. The van der Waals surface area contributed by atoms with Crippen molar-refractivity contribution < 1.29 is 14.3 Å². The Balaban J connectivity index is 2.15. The van der Waals surface area contributed by atoms with Gasteiger partial charge in [0.25, 0.3) is 0 Å². The molecule has 1 heterocycles. The molecule has 0 aliphatic carbocycles. The first-order valence-electron chi connectivity index (χ1n) is 8.13. The van der Waals surface area contributed by atoms with Gasteiger partial charge in [-0.3, -0.25) is 14.6 Å². The highest BCUT2D eigenvalue weighted by Crippen LogP contribution is 2.25. The van der Waals surface area contributed by atoms with Crippen LogP contribution in [0.3, 0.4) is 0 Å². The van der Waals surface area contributed by atoms with E-state index in [1.807, 2.05) is 0 Å². The van der Waals surface area contributed by atoms with Crippen LogP contribution < -0.4 is 5.73 Å². The highest BCUT2D eigenvalue weighted by Gasteiger charge is 2.33. The van der Waals surface area contributed by atoms with E-state index >= 15 is 0 Å². The molecule has 0 aromatic heterocycles. The Labute approximate surface area is 136 Å². The number of aliphatic hydroxyl groups is 1. The normalized spacial score (nSPS) is 22.7. The van der Waals surface area contributed by atoms with Crippen molar-refractivity contribution in [3.05, 3.63) is 35.6 Å². The van der Waals surface area contributed by atoms with Crippen LogP contribution in [0.25, 0.3) is 0 Å². The summed E-state index contributed by atoms with van der Waals surface area (Å²) in [5.74, 6) is -0.749. The predicted molar refractivity (Wildman–Crippen MR) is 87.2 cm³/mol. The standard InChI is InChI=1S/C17H26FN3O2/c1-3-15-11-21(9-8-20(15)10-12(2)22)16(17(19)23)13-4-6-14(18)7-5-13/h4-7,12,15-16,22H,3,8-11H2,1-2H3,(H2,19,23)/t12-,15+,16+/m0/s1. The summed E-state index contributed by atoms with van der Waals surface area (Å²) in [6, 6.07) is 5.67. The molecule has 3 N–H and O–H groups in total. The highest BCUT2D eigenvalue weighted by atomic mass is 19.1. The number of nitrogens with two attached hydrogens (primary N) is 1. The molecule has 0 saturated carbocycles. The smallest absolute Gasteiger partial charge is 0.239 e. The Morgan fingerprint density at radius 3 is 2.57 bits per heavy atom. The maximum atomic E-state index is 13.1. The summed E-state index contributed by atoms with van der Waals surface area (Å²) in [6.07, 6.45) is 0.553. The van der Waals surface area contributed by atoms with Crippen molar-refractivity contribution in [1.82, 2.24) is 9.80 Å². The van der Waals surface area contributed by atoms with Gasteiger partial charge in [-0.15, -0.1) is 0 Å². The van der Waals surface area contributed by atoms with Crippen molar-refractivity contribution in [2.24, 2.45) is 5.73 Å². The van der Waals surface area contributed by atoms with Crippen LogP contribution in [0.5, 0.6) is 0 Å². The van der Waals surface area contributed by atoms with Crippen LogP contribution in [-0.4, -0.2) is 59.1 Å². The molecule has 0 bridgehead atoms. The van der Waals surface area contributed by atoms with E-state index < -0.39 is 11.9 Å². The lowest BCUT2D eigenvalue weighted by atomic mass is 10.0. The molecule has 0 unspecified atom stereocenters. The molecule has 1 fully saturated rings. The number of rotatable bonds is 6.